The molecule has 1 fully saturated rings. The third kappa shape index (κ3) is 24.5. The predicted octanol–water partition coefficient (Wildman–Crippen LogP) is 9.36. The zero-order valence-corrected chi connectivity index (χ0v) is 32.9. The Morgan fingerprint density at radius 1 is 0.520 bits per heavy atom. The van der Waals surface area contributed by atoms with E-state index in [0.29, 0.717) is 18.9 Å². The van der Waals surface area contributed by atoms with E-state index in [0.717, 1.165) is 25.7 Å². The molecular formula is C42H82O8. The molecule has 0 aromatic rings. The van der Waals surface area contributed by atoms with Crippen LogP contribution in [-0.2, 0) is 19.0 Å². The van der Waals surface area contributed by atoms with Gasteiger partial charge in [0.2, 0.25) is 0 Å². The van der Waals surface area contributed by atoms with Gasteiger partial charge in [-0.25, -0.2) is 0 Å². The van der Waals surface area contributed by atoms with E-state index in [1.165, 1.54) is 148 Å². The smallest absolute Gasteiger partial charge is 0.306 e. The molecule has 0 spiro atoms. The molecule has 0 amide bonds. The lowest BCUT2D eigenvalue weighted by molar-refractivity contribution is -0.163. The highest BCUT2D eigenvalue weighted by Gasteiger charge is 2.49. The van der Waals surface area contributed by atoms with Gasteiger partial charge in [0.15, 0.2) is 0 Å². The van der Waals surface area contributed by atoms with Crippen LogP contribution >= 0.6 is 0 Å². The largest absolute Gasteiger partial charge is 0.457 e. The quantitative estimate of drug-likeness (QED) is 0.0374. The van der Waals surface area contributed by atoms with Crippen LogP contribution < -0.4 is 0 Å². The third-order valence-corrected chi connectivity index (χ3v) is 10.6. The molecule has 1 aliphatic carbocycles. The van der Waals surface area contributed by atoms with Gasteiger partial charge in [-0.2, -0.15) is 0 Å². The molecule has 0 radical (unpaired) electrons. The maximum absolute atomic E-state index is 12.7. The highest BCUT2D eigenvalue weighted by molar-refractivity contribution is 5.69. The van der Waals surface area contributed by atoms with Crippen molar-refractivity contribution in [2.45, 2.75) is 237 Å². The van der Waals surface area contributed by atoms with Crippen LogP contribution in [0.4, 0.5) is 0 Å². The number of carbonyl (C=O) groups excluding carboxylic acids is 1. The molecule has 298 valence electrons. The van der Waals surface area contributed by atoms with Crippen LogP contribution in [0.2, 0.25) is 0 Å². The Kier molecular flexibility index (Phi) is 31.0. The molecule has 0 aliphatic heterocycles. The van der Waals surface area contributed by atoms with Gasteiger partial charge in [-0.05, 0) is 18.8 Å². The van der Waals surface area contributed by atoms with Crippen molar-refractivity contribution < 1.29 is 39.4 Å². The summed E-state index contributed by atoms with van der Waals surface area (Å²) in [6, 6.07) is 0. The van der Waals surface area contributed by atoms with Gasteiger partial charge in [0.05, 0.1) is 13.2 Å². The Balaban J connectivity index is 2.25. The Hall–Kier alpha value is -0.770. The lowest BCUT2D eigenvalue weighted by atomic mass is 9.99. The third-order valence-electron chi connectivity index (χ3n) is 10.6. The minimum Gasteiger partial charge on any atom is -0.457 e. The highest BCUT2D eigenvalue weighted by atomic mass is 16.6. The number of ether oxygens (including phenoxy) is 3. The number of hydrogen-bond donors (Lipinski definition) is 4. The molecule has 0 saturated heterocycles. The second-order valence-electron chi connectivity index (χ2n) is 15.5. The van der Waals surface area contributed by atoms with Crippen LogP contribution in [0.15, 0.2) is 0 Å². The molecule has 8 heteroatoms. The Labute approximate surface area is 307 Å². The maximum Gasteiger partial charge on any atom is 0.306 e. The van der Waals surface area contributed by atoms with Crippen LogP contribution in [0, 0.1) is 5.92 Å². The summed E-state index contributed by atoms with van der Waals surface area (Å²) in [5.74, 6) is 0.247. The number of aliphatic hydroxyl groups excluding tert-OH is 4. The van der Waals surface area contributed by atoms with Gasteiger partial charge in [0.1, 0.15) is 36.6 Å². The van der Waals surface area contributed by atoms with Gasteiger partial charge in [0.25, 0.3) is 0 Å². The normalized spacial score (nSPS) is 21.9. The molecule has 0 aromatic carbocycles. The fourth-order valence-corrected chi connectivity index (χ4v) is 7.04. The lowest BCUT2D eigenvalue weighted by Gasteiger charge is -2.24. The number of esters is 1. The SMILES string of the molecule is CCCCCCCCCCCCCCCCCC(=O)OC(COCCC(C)CCCCCCCCCCCC)COC1[C@@H](O)[C@@H](O)[C@@H](O)[C@H]1O. The summed E-state index contributed by atoms with van der Waals surface area (Å²) in [6.45, 7) is 7.39. The van der Waals surface area contributed by atoms with Gasteiger partial charge in [-0.15, -0.1) is 0 Å². The summed E-state index contributed by atoms with van der Waals surface area (Å²) < 4.78 is 17.3. The number of aliphatic hydroxyl groups is 4. The second-order valence-corrected chi connectivity index (χ2v) is 15.5. The van der Waals surface area contributed by atoms with Crippen molar-refractivity contribution in [1.29, 1.82) is 0 Å². The van der Waals surface area contributed by atoms with Crippen molar-refractivity contribution in [3.8, 4) is 0 Å². The first kappa shape index (κ1) is 47.3. The average molecular weight is 715 g/mol. The number of carbonyl (C=O) groups is 1. The molecule has 8 nitrogen and oxygen atoms in total. The van der Waals surface area contributed by atoms with E-state index < -0.39 is 36.6 Å². The van der Waals surface area contributed by atoms with Crippen LogP contribution in [0.3, 0.4) is 0 Å². The van der Waals surface area contributed by atoms with Gasteiger partial charge in [-0.3, -0.25) is 4.79 Å². The van der Waals surface area contributed by atoms with Gasteiger partial charge < -0.3 is 34.6 Å². The summed E-state index contributed by atoms with van der Waals surface area (Å²) in [5, 5.41) is 40.2. The summed E-state index contributed by atoms with van der Waals surface area (Å²) in [6.07, 6.45) is 27.1. The Morgan fingerprint density at radius 3 is 1.36 bits per heavy atom. The minimum absolute atomic E-state index is 0.100. The fourth-order valence-electron chi connectivity index (χ4n) is 7.04. The van der Waals surface area contributed by atoms with E-state index >= 15 is 0 Å². The first-order chi connectivity index (χ1) is 24.3. The summed E-state index contributed by atoms with van der Waals surface area (Å²) in [7, 11) is 0. The van der Waals surface area contributed by atoms with Crippen molar-refractivity contribution >= 4 is 5.97 Å². The van der Waals surface area contributed by atoms with Gasteiger partial charge in [0, 0.05) is 13.0 Å². The van der Waals surface area contributed by atoms with Crippen molar-refractivity contribution in [1.82, 2.24) is 0 Å². The van der Waals surface area contributed by atoms with Crippen LogP contribution in [0.5, 0.6) is 0 Å². The van der Waals surface area contributed by atoms with Crippen molar-refractivity contribution in [3.63, 3.8) is 0 Å². The second kappa shape index (κ2) is 32.8. The van der Waals surface area contributed by atoms with Crippen LogP contribution in [0.1, 0.15) is 201 Å². The van der Waals surface area contributed by atoms with Gasteiger partial charge >= 0.3 is 5.97 Å². The molecule has 3 unspecified atom stereocenters. The standard InChI is InChI=1S/C42H82O8/c1-4-6-8-10-12-14-16-17-18-19-20-22-24-26-28-30-37(43)50-36(34-49-42-40(46)38(44)39(45)41(42)47)33-48-32-31-35(3)29-27-25-23-21-15-13-11-9-7-5-2/h35-36,38-42,44-47H,4-34H2,1-3H3/t35?,36?,38-,39+,40-,41+,42?. The highest BCUT2D eigenvalue weighted by Crippen LogP contribution is 2.25. The number of hydrogen-bond acceptors (Lipinski definition) is 8. The Bertz CT molecular complexity index is 737. The fraction of sp³-hybridized carbons (Fsp3) is 0.976. The van der Waals surface area contributed by atoms with Crippen molar-refractivity contribution in [2.24, 2.45) is 5.92 Å². The van der Waals surface area contributed by atoms with Crippen LogP contribution in [0.25, 0.3) is 0 Å². The molecule has 0 bridgehead atoms. The van der Waals surface area contributed by atoms with Gasteiger partial charge in [-0.1, -0.05) is 181 Å². The first-order valence-electron chi connectivity index (χ1n) is 21.4. The molecule has 4 N–H and O–H groups in total. The average Bonchev–Trinajstić information content (AvgIpc) is 3.29. The molecule has 1 rings (SSSR count). The molecule has 7 atom stereocenters. The van der Waals surface area contributed by atoms with E-state index in [1.807, 2.05) is 0 Å². The number of unbranched alkanes of at least 4 members (excludes halogenated alkanes) is 23. The molecule has 0 heterocycles. The zero-order chi connectivity index (χ0) is 36.7. The van der Waals surface area contributed by atoms with Crippen LogP contribution in [-0.4, -0.2) is 82.8 Å². The first-order valence-corrected chi connectivity index (χ1v) is 21.4. The molecule has 0 aromatic heterocycles. The van der Waals surface area contributed by atoms with E-state index in [4.69, 9.17) is 14.2 Å². The molecule has 50 heavy (non-hydrogen) atoms. The monoisotopic (exact) mass is 715 g/mol. The summed E-state index contributed by atoms with van der Waals surface area (Å²) in [5.41, 5.74) is 0. The van der Waals surface area contributed by atoms with E-state index in [-0.39, 0.29) is 19.2 Å². The summed E-state index contributed by atoms with van der Waals surface area (Å²) >= 11 is 0. The topological polar surface area (TPSA) is 126 Å². The maximum atomic E-state index is 12.7. The predicted molar refractivity (Wildman–Crippen MR) is 204 cm³/mol. The summed E-state index contributed by atoms with van der Waals surface area (Å²) in [4.78, 5) is 12.7. The van der Waals surface area contributed by atoms with E-state index in [2.05, 4.69) is 20.8 Å². The molecule has 1 saturated carbocycles. The minimum atomic E-state index is -1.49. The Morgan fingerprint density at radius 2 is 0.920 bits per heavy atom. The van der Waals surface area contributed by atoms with Crippen molar-refractivity contribution in [3.05, 3.63) is 0 Å². The molecular weight excluding hydrogens is 632 g/mol. The van der Waals surface area contributed by atoms with E-state index in [9.17, 15) is 25.2 Å². The number of rotatable bonds is 36. The van der Waals surface area contributed by atoms with E-state index in [1.54, 1.807) is 0 Å². The zero-order valence-electron chi connectivity index (χ0n) is 32.9. The van der Waals surface area contributed by atoms with Crippen molar-refractivity contribution in [2.75, 3.05) is 19.8 Å². The lowest BCUT2D eigenvalue weighted by Crippen LogP contribution is -2.39. The molecule has 1 aliphatic rings.